The van der Waals surface area contributed by atoms with Gasteiger partial charge < -0.3 is 5.32 Å². The van der Waals surface area contributed by atoms with Crippen LogP contribution in [-0.2, 0) is 6.54 Å². The summed E-state index contributed by atoms with van der Waals surface area (Å²) in [4.78, 5) is 5.67. The highest BCUT2D eigenvalue weighted by Crippen LogP contribution is 2.19. The summed E-state index contributed by atoms with van der Waals surface area (Å²) in [6.07, 6.45) is 0. The largest absolute Gasteiger partial charge is 0.305 e. The normalized spacial score (nSPS) is 12.7. The number of nitrogens with zero attached hydrogens (tertiary/aromatic N) is 1. The molecule has 96 valence electrons. The quantitative estimate of drug-likeness (QED) is 0.909. The topological polar surface area (TPSA) is 24.9 Å². The maximum atomic E-state index is 12.8. The second-order valence-electron chi connectivity index (χ2n) is 4.40. The molecule has 0 aliphatic rings. The van der Waals surface area contributed by atoms with Crippen LogP contribution in [0.2, 0.25) is 0 Å². The van der Waals surface area contributed by atoms with Gasteiger partial charge in [0.1, 0.15) is 5.82 Å². The number of hydrogen-bond acceptors (Lipinski definition) is 3. The Bertz CT molecular complexity index is 519. The van der Waals surface area contributed by atoms with E-state index >= 15 is 0 Å². The zero-order valence-corrected chi connectivity index (χ0v) is 11.6. The van der Waals surface area contributed by atoms with Crippen molar-refractivity contribution >= 4 is 11.3 Å². The van der Waals surface area contributed by atoms with E-state index in [1.165, 1.54) is 17.0 Å². The van der Waals surface area contributed by atoms with Crippen LogP contribution in [0.4, 0.5) is 4.39 Å². The number of aryl methyl sites for hydroxylation is 2. The van der Waals surface area contributed by atoms with Crippen LogP contribution in [-0.4, -0.2) is 4.98 Å². The Kier molecular flexibility index (Phi) is 4.09. The monoisotopic (exact) mass is 264 g/mol. The molecule has 1 unspecified atom stereocenters. The zero-order valence-electron chi connectivity index (χ0n) is 10.8. The molecule has 0 amide bonds. The molecule has 1 atom stereocenters. The Morgan fingerprint density at radius 3 is 2.50 bits per heavy atom. The summed E-state index contributed by atoms with van der Waals surface area (Å²) in [5.74, 6) is -0.195. The molecule has 1 heterocycles. The van der Waals surface area contributed by atoms with Gasteiger partial charge in [-0.05, 0) is 38.5 Å². The van der Waals surface area contributed by atoms with Crippen molar-refractivity contribution in [1.82, 2.24) is 10.3 Å². The van der Waals surface area contributed by atoms with Crippen LogP contribution in [0.5, 0.6) is 0 Å². The lowest BCUT2D eigenvalue weighted by Gasteiger charge is -2.13. The van der Waals surface area contributed by atoms with Crippen molar-refractivity contribution in [2.75, 3.05) is 0 Å². The van der Waals surface area contributed by atoms with Crippen LogP contribution in [0, 0.1) is 19.7 Å². The number of aromatic nitrogens is 1. The fourth-order valence-corrected chi connectivity index (χ4v) is 2.74. The smallest absolute Gasteiger partial charge is 0.123 e. The number of rotatable bonds is 4. The van der Waals surface area contributed by atoms with Crippen molar-refractivity contribution in [2.45, 2.75) is 33.4 Å². The van der Waals surface area contributed by atoms with E-state index in [0.29, 0.717) is 0 Å². The van der Waals surface area contributed by atoms with Gasteiger partial charge in [-0.3, -0.25) is 0 Å². The fraction of sp³-hybridized carbons (Fsp3) is 0.357. The van der Waals surface area contributed by atoms with Crippen molar-refractivity contribution in [3.05, 3.63) is 51.2 Å². The molecule has 2 rings (SSSR count). The van der Waals surface area contributed by atoms with Crippen LogP contribution in [0.1, 0.15) is 34.1 Å². The van der Waals surface area contributed by atoms with E-state index in [2.05, 4.69) is 17.2 Å². The SMILES string of the molecule is Cc1nc(C)c(CNC(C)c2ccc(F)cc2)s1. The van der Waals surface area contributed by atoms with E-state index in [0.717, 1.165) is 22.8 Å². The molecule has 0 fully saturated rings. The molecule has 1 N–H and O–H groups in total. The van der Waals surface area contributed by atoms with Crippen molar-refractivity contribution in [3.63, 3.8) is 0 Å². The number of hydrogen-bond donors (Lipinski definition) is 1. The molecule has 0 aliphatic carbocycles. The highest BCUT2D eigenvalue weighted by molar-refractivity contribution is 7.11. The lowest BCUT2D eigenvalue weighted by molar-refractivity contribution is 0.573. The maximum absolute atomic E-state index is 12.8. The summed E-state index contributed by atoms with van der Waals surface area (Å²) in [5, 5.41) is 4.53. The average Bonchev–Trinajstić information content (AvgIpc) is 2.66. The molecular weight excluding hydrogens is 247 g/mol. The van der Waals surface area contributed by atoms with Crippen LogP contribution in [0.3, 0.4) is 0 Å². The second-order valence-corrected chi connectivity index (χ2v) is 5.68. The zero-order chi connectivity index (χ0) is 13.1. The van der Waals surface area contributed by atoms with Crippen LogP contribution >= 0.6 is 11.3 Å². The van der Waals surface area contributed by atoms with Crippen LogP contribution < -0.4 is 5.32 Å². The number of nitrogens with one attached hydrogen (secondary N) is 1. The second kappa shape index (κ2) is 5.59. The number of halogens is 1. The van der Waals surface area contributed by atoms with E-state index in [9.17, 15) is 4.39 Å². The average molecular weight is 264 g/mol. The Morgan fingerprint density at radius 1 is 1.28 bits per heavy atom. The van der Waals surface area contributed by atoms with Gasteiger partial charge in [0.05, 0.1) is 10.7 Å². The predicted octanol–water partition coefficient (Wildman–Crippen LogP) is 3.75. The molecule has 2 aromatic rings. The van der Waals surface area contributed by atoms with E-state index < -0.39 is 0 Å². The third-order valence-electron chi connectivity index (χ3n) is 2.94. The summed E-state index contributed by atoms with van der Waals surface area (Å²) in [6, 6.07) is 6.83. The van der Waals surface area contributed by atoms with Gasteiger partial charge >= 0.3 is 0 Å². The molecular formula is C14H17FN2S. The van der Waals surface area contributed by atoms with Crippen molar-refractivity contribution < 1.29 is 4.39 Å². The fourth-order valence-electron chi connectivity index (χ4n) is 1.85. The molecule has 0 bridgehead atoms. The van der Waals surface area contributed by atoms with Gasteiger partial charge in [0.15, 0.2) is 0 Å². The first-order chi connectivity index (χ1) is 8.56. The minimum Gasteiger partial charge on any atom is -0.305 e. The van der Waals surface area contributed by atoms with Crippen LogP contribution in [0.25, 0.3) is 0 Å². The molecule has 0 saturated heterocycles. The van der Waals surface area contributed by atoms with E-state index in [1.54, 1.807) is 11.3 Å². The number of benzene rings is 1. The molecule has 0 saturated carbocycles. The summed E-state index contributed by atoms with van der Waals surface area (Å²) in [5.41, 5.74) is 2.19. The molecule has 1 aromatic heterocycles. The third-order valence-corrected chi connectivity index (χ3v) is 4.01. The summed E-state index contributed by atoms with van der Waals surface area (Å²) in [7, 11) is 0. The minimum atomic E-state index is -0.195. The van der Waals surface area contributed by atoms with Gasteiger partial charge in [0.2, 0.25) is 0 Å². The van der Waals surface area contributed by atoms with Crippen LogP contribution in [0.15, 0.2) is 24.3 Å². The summed E-state index contributed by atoms with van der Waals surface area (Å²) >= 11 is 1.72. The molecule has 4 heteroatoms. The highest BCUT2D eigenvalue weighted by Gasteiger charge is 2.08. The van der Waals surface area contributed by atoms with Crippen molar-refractivity contribution in [2.24, 2.45) is 0 Å². The standard InChI is InChI=1S/C14H17FN2S/c1-9(12-4-6-13(15)7-5-12)16-8-14-10(2)17-11(3)18-14/h4-7,9,16H,8H2,1-3H3. The Balaban J connectivity index is 1.98. The molecule has 0 radical (unpaired) electrons. The number of thiazole rings is 1. The first-order valence-corrected chi connectivity index (χ1v) is 6.79. The van der Waals surface area contributed by atoms with E-state index in [4.69, 9.17) is 0 Å². The first-order valence-electron chi connectivity index (χ1n) is 5.98. The lowest BCUT2D eigenvalue weighted by Crippen LogP contribution is -2.17. The van der Waals surface area contributed by atoms with Gasteiger partial charge in [0, 0.05) is 17.5 Å². The van der Waals surface area contributed by atoms with Gasteiger partial charge in [0.25, 0.3) is 0 Å². The van der Waals surface area contributed by atoms with Crippen molar-refractivity contribution in [1.29, 1.82) is 0 Å². The highest BCUT2D eigenvalue weighted by atomic mass is 32.1. The maximum Gasteiger partial charge on any atom is 0.123 e. The van der Waals surface area contributed by atoms with Gasteiger partial charge in [-0.15, -0.1) is 11.3 Å². The molecule has 0 spiro atoms. The minimum absolute atomic E-state index is 0.195. The van der Waals surface area contributed by atoms with Gasteiger partial charge in [-0.25, -0.2) is 9.37 Å². The Labute approximate surface area is 111 Å². The molecule has 1 aromatic carbocycles. The summed E-state index contributed by atoms with van der Waals surface area (Å²) in [6.45, 7) is 6.93. The lowest BCUT2D eigenvalue weighted by atomic mass is 10.1. The van der Waals surface area contributed by atoms with Crippen molar-refractivity contribution in [3.8, 4) is 0 Å². The van der Waals surface area contributed by atoms with E-state index in [1.807, 2.05) is 26.0 Å². The Morgan fingerprint density at radius 2 is 1.94 bits per heavy atom. The first kappa shape index (κ1) is 13.2. The molecule has 2 nitrogen and oxygen atoms in total. The van der Waals surface area contributed by atoms with Gasteiger partial charge in [-0.2, -0.15) is 0 Å². The third kappa shape index (κ3) is 3.15. The Hall–Kier alpha value is -1.26. The summed E-state index contributed by atoms with van der Waals surface area (Å²) < 4.78 is 12.8. The molecule has 0 aliphatic heterocycles. The predicted molar refractivity (Wildman–Crippen MR) is 73.2 cm³/mol. The van der Waals surface area contributed by atoms with Gasteiger partial charge in [-0.1, -0.05) is 12.1 Å². The van der Waals surface area contributed by atoms with E-state index in [-0.39, 0.29) is 11.9 Å². The molecule has 18 heavy (non-hydrogen) atoms.